The maximum atomic E-state index is 14.4. The number of carbonyl (C=O) groups excluding carboxylic acids is 7. The molecule has 0 spiro atoms. The smallest absolute Gasteiger partial charge is 0.251 e. The average Bonchev–Trinajstić information content (AvgIpc) is 4.08. The zero-order valence-electron chi connectivity index (χ0n) is 43.3. The van der Waals surface area contributed by atoms with E-state index in [-0.39, 0.29) is 69.5 Å². The Morgan fingerprint density at radius 1 is 0.684 bits per heavy atom. The third kappa shape index (κ3) is 14.5. The van der Waals surface area contributed by atoms with Gasteiger partial charge in [-0.3, -0.25) is 33.6 Å². The van der Waals surface area contributed by atoms with Crippen LogP contribution in [0, 0.1) is 0 Å². The lowest BCUT2D eigenvalue weighted by Crippen LogP contribution is -2.61. The molecule has 0 bridgehead atoms. The standard InChI is InChI=1S/C57H71N7O12/c1-4-5-6-31-76-44-26-22-40(23-27-44)38-16-14-37(15-17-38)39-18-20-41(21-19-39)51(69)59-45-9-7-29-58-54(72)47-10-8-30-63(47)56(74)49(34(2)65)61-53(71)46(28-13-36-11-24-42(67)25-12-36)60-55(73)48-32-43(68)33-64(48)57(75)50(35(3)66)62-52(45)70/h11-12,14-27,34-35,43,45-50,65-68H,4-10,13,28-33H2,1-3H3,(H,58,72)(H,59,69)(H,60,73)(H,61,71)(H,62,70)/t34-,35-,43-,45?,46?,47?,48?,49?,50?/m1/s1. The van der Waals surface area contributed by atoms with Gasteiger partial charge in [0.2, 0.25) is 35.4 Å². The number of carbonyl (C=O) groups is 7. The number of nitrogens with one attached hydrogen (secondary N) is 5. The fourth-order valence-corrected chi connectivity index (χ4v) is 9.86. The highest BCUT2D eigenvalue weighted by atomic mass is 16.5. The number of benzene rings is 4. The SMILES string of the molecule is CCCCCOc1ccc(-c2ccc(-c3ccc(C(=O)NC4CCCNC(=O)C5CCCN5C(=O)C([C@@H](C)O)NC(=O)C(CCc5ccc(O)cc5)NC(=O)C5C[C@@H](O)CN5C(=O)C([C@@H](C)O)NC4=O)cc3)cc2)cc1. The Hall–Kier alpha value is -7.35. The highest BCUT2D eigenvalue weighted by molar-refractivity contribution is 6.00. The van der Waals surface area contributed by atoms with E-state index in [1.54, 1.807) is 36.4 Å². The summed E-state index contributed by atoms with van der Waals surface area (Å²) in [5, 5.41) is 56.0. The van der Waals surface area contributed by atoms with E-state index in [1.165, 1.54) is 30.9 Å². The van der Waals surface area contributed by atoms with E-state index in [2.05, 4.69) is 33.5 Å². The summed E-state index contributed by atoms with van der Waals surface area (Å²) < 4.78 is 5.86. The molecule has 3 aliphatic heterocycles. The molecular weight excluding hydrogens is 975 g/mol. The lowest BCUT2D eigenvalue weighted by Gasteiger charge is -2.32. The molecule has 0 aromatic heterocycles. The molecule has 0 saturated carbocycles. The van der Waals surface area contributed by atoms with Gasteiger partial charge in [-0.05, 0) is 123 Å². The summed E-state index contributed by atoms with van der Waals surface area (Å²) in [6, 6.07) is 20.7. The van der Waals surface area contributed by atoms with E-state index in [0.717, 1.165) is 52.2 Å². The van der Waals surface area contributed by atoms with Gasteiger partial charge in [-0.25, -0.2) is 0 Å². The second-order valence-electron chi connectivity index (χ2n) is 20.0. The summed E-state index contributed by atoms with van der Waals surface area (Å²) in [4.78, 5) is 101. The Labute approximate surface area is 442 Å². The first-order chi connectivity index (χ1) is 36.5. The number of phenolic OH excluding ortho intramolecular Hbond substituents is 1. The topological polar surface area (TPSA) is 276 Å². The molecule has 7 amide bonds. The first-order valence-corrected chi connectivity index (χ1v) is 26.4. The normalized spacial score (nSPS) is 23.9. The van der Waals surface area contributed by atoms with Crippen LogP contribution >= 0.6 is 0 Å². The molecule has 3 saturated heterocycles. The van der Waals surface area contributed by atoms with Crippen LogP contribution < -0.4 is 31.3 Å². The molecule has 0 aliphatic carbocycles. The van der Waals surface area contributed by atoms with E-state index in [1.807, 2.05) is 48.5 Å². The summed E-state index contributed by atoms with van der Waals surface area (Å²) in [6.07, 6.45) is -0.225. The number of hydrogen-bond acceptors (Lipinski definition) is 12. The van der Waals surface area contributed by atoms with Gasteiger partial charge in [0.05, 0.1) is 24.9 Å². The Kier molecular flexibility index (Phi) is 19.6. The molecule has 4 aromatic rings. The van der Waals surface area contributed by atoms with E-state index in [9.17, 15) is 54.0 Å². The van der Waals surface area contributed by atoms with Crippen LogP contribution in [0.2, 0.25) is 0 Å². The number of amides is 7. The number of phenols is 1. The van der Waals surface area contributed by atoms with Crippen LogP contribution in [0.5, 0.6) is 11.5 Å². The van der Waals surface area contributed by atoms with Gasteiger partial charge in [-0.15, -0.1) is 0 Å². The molecule has 76 heavy (non-hydrogen) atoms. The third-order valence-corrected chi connectivity index (χ3v) is 14.2. The Morgan fingerprint density at radius 2 is 1.26 bits per heavy atom. The van der Waals surface area contributed by atoms with Gasteiger partial charge in [0, 0.05) is 31.6 Å². The highest BCUT2D eigenvalue weighted by Gasteiger charge is 2.45. The van der Waals surface area contributed by atoms with Gasteiger partial charge in [0.25, 0.3) is 5.91 Å². The lowest BCUT2D eigenvalue weighted by molar-refractivity contribution is -0.145. The largest absolute Gasteiger partial charge is 0.508 e. The molecule has 9 N–H and O–H groups in total. The molecular formula is C57H71N7O12. The number of aromatic hydroxyl groups is 1. The predicted octanol–water partition coefficient (Wildman–Crippen LogP) is 3.11. The van der Waals surface area contributed by atoms with Crippen molar-refractivity contribution in [1.82, 2.24) is 36.4 Å². The molecule has 4 aromatic carbocycles. The minimum absolute atomic E-state index is 0.00250. The third-order valence-electron chi connectivity index (χ3n) is 14.2. The van der Waals surface area contributed by atoms with Crippen molar-refractivity contribution in [3.63, 3.8) is 0 Å². The Bertz CT molecular complexity index is 2650. The summed E-state index contributed by atoms with van der Waals surface area (Å²) in [6.45, 7) is 5.21. The number of fused-ring (bicyclic) bond motifs is 2. The monoisotopic (exact) mass is 1050 g/mol. The fourth-order valence-electron chi connectivity index (χ4n) is 9.86. The maximum absolute atomic E-state index is 14.4. The molecule has 19 nitrogen and oxygen atoms in total. The van der Waals surface area contributed by atoms with Gasteiger partial charge in [-0.2, -0.15) is 0 Å². The number of nitrogens with zero attached hydrogens (tertiary/aromatic N) is 2. The van der Waals surface area contributed by atoms with E-state index >= 15 is 0 Å². The van der Waals surface area contributed by atoms with Crippen LogP contribution in [0.15, 0.2) is 97.1 Å². The van der Waals surface area contributed by atoms with Gasteiger partial charge in [0.15, 0.2) is 0 Å². The van der Waals surface area contributed by atoms with Gasteiger partial charge in [0.1, 0.15) is 47.8 Å². The molecule has 406 valence electrons. The number of ether oxygens (including phenoxy) is 1. The van der Waals surface area contributed by atoms with Crippen LogP contribution in [0.1, 0.15) is 94.5 Å². The lowest BCUT2D eigenvalue weighted by atomic mass is 9.99. The number of aryl methyl sites for hydroxylation is 1. The van der Waals surface area contributed by atoms with Crippen LogP contribution in [-0.2, 0) is 35.2 Å². The number of aliphatic hydroxyl groups is 3. The first-order valence-electron chi connectivity index (χ1n) is 26.4. The van der Waals surface area contributed by atoms with Crippen LogP contribution in [-0.4, -0.2) is 152 Å². The van der Waals surface area contributed by atoms with Crippen molar-refractivity contribution in [2.24, 2.45) is 0 Å². The first kappa shape index (κ1) is 56.4. The van der Waals surface area contributed by atoms with Gasteiger partial charge < -0.3 is 61.5 Å². The second kappa shape index (κ2) is 26.4. The summed E-state index contributed by atoms with van der Waals surface area (Å²) >= 11 is 0. The predicted molar refractivity (Wildman–Crippen MR) is 282 cm³/mol. The number of unbranched alkanes of at least 4 members (excludes halogenated alkanes) is 2. The minimum Gasteiger partial charge on any atom is -0.508 e. The van der Waals surface area contributed by atoms with Crippen molar-refractivity contribution in [2.45, 2.75) is 140 Å². The van der Waals surface area contributed by atoms with E-state index in [0.29, 0.717) is 18.6 Å². The molecule has 3 heterocycles. The molecule has 3 aliphatic rings. The summed E-state index contributed by atoms with van der Waals surface area (Å²) in [5.41, 5.74) is 4.70. The van der Waals surface area contributed by atoms with Crippen molar-refractivity contribution < 1.29 is 58.7 Å². The molecule has 7 rings (SSSR count). The molecule has 3 fully saturated rings. The van der Waals surface area contributed by atoms with Crippen LogP contribution in [0.3, 0.4) is 0 Å². The molecule has 0 radical (unpaired) electrons. The summed E-state index contributed by atoms with van der Waals surface area (Å²) in [7, 11) is 0. The zero-order chi connectivity index (χ0) is 54.5. The number of aliphatic hydroxyl groups excluding tert-OH is 3. The number of rotatable bonds is 14. The zero-order valence-corrected chi connectivity index (χ0v) is 43.3. The Balaban J connectivity index is 1.10. The number of hydrogen-bond donors (Lipinski definition) is 9. The van der Waals surface area contributed by atoms with Crippen molar-refractivity contribution in [3.8, 4) is 33.8 Å². The minimum atomic E-state index is -1.67. The van der Waals surface area contributed by atoms with Gasteiger partial charge >= 0.3 is 0 Å². The molecule has 19 heteroatoms. The van der Waals surface area contributed by atoms with E-state index < -0.39 is 95.9 Å². The fraction of sp³-hybridized carbons (Fsp3) is 0.456. The van der Waals surface area contributed by atoms with Crippen molar-refractivity contribution in [2.75, 3.05) is 26.2 Å². The van der Waals surface area contributed by atoms with E-state index in [4.69, 9.17) is 4.74 Å². The Morgan fingerprint density at radius 3 is 1.87 bits per heavy atom. The molecule has 6 unspecified atom stereocenters. The average molecular weight is 1050 g/mol. The maximum Gasteiger partial charge on any atom is 0.251 e. The molecule has 9 atom stereocenters. The van der Waals surface area contributed by atoms with Gasteiger partial charge in [-0.1, -0.05) is 80.4 Å². The van der Waals surface area contributed by atoms with Crippen LogP contribution in [0.25, 0.3) is 22.3 Å². The second-order valence-corrected chi connectivity index (χ2v) is 20.0. The highest BCUT2D eigenvalue weighted by Crippen LogP contribution is 2.28. The van der Waals surface area contributed by atoms with Crippen molar-refractivity contribution in [3.05, 3.63) is 108 Å². The van der Waals surface area contributed by atoms with Crippen molar-refractivity contribution >= 4 is 41.4 Å². The summed E-state index contributed by atoms with van der Waals surface area (Å²) in [5.74, 6) is -4.48. The van der Waals surface area contributed by atoms with Crippen molar-refractivity contribution in [1.29, 1.82) is 0 Å². The van der Waals surface area contributed by atoms with Crippen LogP contribution in [0.4, 0.5) is 0 Å². The quantitative estimate of drug-likeness (QED) is 0.0825.